The van der Waals surface area contributed by atoms with Crippen LogP contribution >= 0.6 is 11.6 Å². The standard InChI is InChI=1S/C13H20ClN3O/c1-2-8-15-13-16-9-11(14)12(17-13)18-10-6-4-3-5-7-10/h9-10H,2-8H2,1H3,(H,15,16,17). The van der Waals surface area contributed by atoms with E-state index in [0.717, 1.165) is 25.8 Å². The maximum absolute atomic E-state index is 6.07. The normalized spacial score (nSPS) is 16.6. The van der Waals surface area contributed by atoms with E-state index >= 15 is 0 Å². The molecule has 0 amide bonds. The molecule has 0 unspecified atom stereocenters. The highest BCUT2D eigenvalue weighted by Gasteiger charge is 2.17. The number of rotatable bonds is 5. The number of hydrogen-bond acceptors (Lipinski definition) is 4. The van der Waals surface area contributed by atoms with Gasteiger partial charge in [-0.3, -0.25) is 0 Å². The Morgan fingerprint density at radius 2 is 2.17 bits per heavy atom. The van der Waals surface area contributed by atoms with Crippen molar-refractivity contribution in [2.45, 2.75) is 51.6 Å². The van der Waals surface area contributed by atoms with Crippen molar-refractivity contribution < 1.29 is 4.74 Å². The van der Waals surface area contributed by atoms with Gasteiger partial charge in [-0.25, -0.2) is 4.98 Å². The maximum Gasteiger partial charge on any atom is 0.237 e. The van der Waals surface area contributed by atoms with E-state index in [4.69, 9.17) is 16.3 Å². The summed E-state index contributed by atoms with van der Waals surface area (Å²) in [5.41, 5.74) is 0. The van der Waals surface area contributed by atoms with Gasteiger partial charge in [0.05, 0.1) is 6.20 Å². The minimum absolute atomic E-state index is 0.255. The van der Waals surface area contributed by atoms with Crippen molar-refractivity contribution in [1.29, 1.82) is 0 Å². The monoisotopic (exact) mass is 269 g/mol. The molecule has 0 bridgehead atoms. The van der Waals surface area contributed by atoms with Crippen molar-refractivity contribution in [3.63, 3.8) is 0 Å². The number of nitrogens with zero attached hydrogens (tertiary/aromatic N) is 2. The Labute approximate surface area is 113 Å². The van der Waals surface area contributed by atoms with Gasteiger partial charge in [-0.2, -0.15) is 4.98 Å². The van der Waals surface area contributed by atoms with E-state index in [-0.39, 0.29) is 6.10 Å². The number of aromatic nitrogens is 2. The zero-order valence-corrected chi connectivity index (χ0v) is 11.5. The molecule has 0 aliphatic heterocycles. The van der Waals surface area contributed by atoms with Crippen molar-refractivity contribution in [3.05, 3.63) is 11.2 Å². The second kappa shape index (κ2) is 6.78. The molecule has 1 aromatic rings. The van der Waals surface area contributed by atoms with Crippen molar-refractivity contribution in [2.75, 3.05) is 11.9 Å². The quantitative estimate of drug-likeness (QED) is 0.886. The Morgan fingerprint density at radius 3 is 2.89 bits per heavy atom. The highest BCUT2D eigenvalue weighted by atomic mass is 35.5. The van der Waals surface area contributed by atoms with Crippen LogP contribution in [0.4, 0.5) is 5.95 Å². The van der Waals surface area contributed by atoms with E-state index < -0.39 is 0 Å². The molecule has 18 heavy (non-hydrogen) atoms. The summed E-state index contributed by atoms with van der Waals surface area (Å²) < 4.78 is 5.88. The number of hydrogen-bond donors (Lipinski definition) is 1. The molecule has 5 heteroatoms. The van der Waals surface area contributed by atoms with Crippen molar-refractivity contribution in [1.82, 2.24) is 9.97 Å². The van der Waals surface area contributed by atoms with E-state index in [9.17, 15) is 0 Å². The molecule has 1 N–H and O–H groups in total. The Hall–Kier alpha value is -1.03. The summed E-state index contributed by atoms with van der Waals surface area (Å²) in [5, 5.41) is 3.63. The molecule has 1 fully saturated rings. The molecule has 2 rings (SSSR count). The van der Waals surface area contributed by atoms with Gasteiger partial charge in [0.25, 0.3) is 0 Å². The highest BCUT2D eigenvalue weighted by Crippen LogP contribution is 2.27. The second-order valence-corrected chi connectivity index (χ2v) is 5.06. The van der Waals surface area contributed by atoms with Gasteiger partial charge in [0.1, 0.15) is 11.1 Å². The lowest BCUT2D eigenvalue weighted by Gasteiger charge is -2.22. The van der Waals surface area contributed by atoms with Crippen LogP contribution in [0.3, 0.4) is 0 Å². The third-order valence-corrected chi connectivity index (χ3v) is 3.33. The second-order valence-electron chi connectivity index (χ2n) is 4.65. The molecule has 0 spiro atoms. The molecule has 0 radical (unpaired) electrons. The SMILES string of the molecule is CCCNc1ncc(Cl)c(OC2CCCCC2)n1. The summed E-state index contributed by atoms with van der Waals surface area (Å²) in [4.78, 5) is 8.46. The first-order valence-electron chi connectivity index (χ1n) is 6.72. The van der Waals surface area contributed by atoms with Crippen LogP contribution in [0.2, 0.25) is 5.02 Å². The summed E-state index contributed by atoms with van der Waals surface area (Å²) in [6.45, 7) is 2.95. The van der Waals surface area contributed by atoms with E-state index in [1.165, 1.54) is 19.3 Å². The number of nitrogens with one attached hydrogen (secondary N) is 1. The van der Waals surface area contributed by atoms with E-state index in [1.807, 2.05) is 0 Å². The van der Waals surface area contributed by atoms with Crippen molar-refractivity contribution >= 4 is 17.5 Å². The van der Waals surface area contributed by atoms with Gasteiger partial charge in [-0.05, 0) is 32.1 Å². The first kappa shape index (κ1) is 13.4. The van der Waals surface area contributed by atoms with E-state index in [2.05, 4.69) is 22.2 Å². The van der Waals surface area contributed by atoms with Crippen molar-refractivity contribution in [3.8, 4) is 5.88 Å². The molecule has 0 aromatic carbocycles. The fourth-order valence-electron chi connectivity index (χ4n) is 2.10. The van der Waals surface area contributed by atoms with Gasteiger partial charge in [0.2, 0.25) is 11.8 Å². The average molecular weight is 270 g/mol. The van der Waals surface area contributed by atoms with Crippen LogP contribution < -0.4 is 10.1 Å². The maximum atomic E-state index is 6.07. The largest absolute Gasteiger partial charge is 0.473 e. The minimum Gasteiger partial charge on any atom is -0.473 e. The van der Waals surface area contributed by atoms with Crippen LogP contribution in [0.25, 0.3) is 0 Å². The number of ether oxygens (including phenoxy) is 1. The Kier molecular flexibility index (Phi) is 5.05. The van der Waals surface area contributed by atoms with Gasteiger partial charge in [-0.15, -0.1) is 0 Å². The predicted molar refractivity (Wildman–Crippen MR) is 73.3 cm³/mol. The summed E-state index contributed by atoms with van der Waals surface area (Å²) in [7, 11) is 0. The molecule has 1 saturated carbocycles. The van der Waals surface area contributed by atoms with Crippen LogP contribution in [0.1, 0.15) is 45.4 Å². The fourth-order valence-corrected chi connectivity index (χ4v) is 2.23. The molecule has 0 atom stereocenters. The summed E-state index contributed by atoms with van der Waals surface area (Å²) in [6.07, 6.45) is 8.85. The first-order valence-corrected chi connectivity index (χ1v) is 7.10. The zero-order valence-electron chi connectivity index (χ0n) is 10.8. The lowest BCUT2D eigenvalue weighted by molar-refractivity contribution is 0.149. The molecule has 4 nitrogen and oxygen atoms in total. The highest BCUT2D eigenvalue weighted by molar-refractivity contribution is 6.31. The number of anilines is 1. The third kappa shape index (κ3) is 3.73. The van der Waals surface area contributed by atoms with Crippen LogP contribution in [0, 0.1) is 0 Å². The minimum atomic E-state index is 0.255. The topological polar surface area (TPSA) is 47.0 Å². The Balaban J connectivity index is 2.00. The molecular formula is C13H20ClN3O. The van der Waals surface area contributed by atoms with Gasteiger partial charge >= 0.3 is 0 Å². The van der Waals surface area contributed by atoms with E-state index in [1.54, 1.807) is 6.20 Å². The van der Waals surface area contributed by atoms with Gasteiger partial charge < -0.3 is 10.1 Å². The lowest BCUT2D eigenvalue weighted by Crippen LogP contribution is -2.20. The number of halogens is 1. The van der Waals surface area contributed by atoms with Gasteiger partial charge in [-0.1, -0.05) is 24.9 Å². The van der Waals surface area contributed by atoms with Crippen LogP contribution in [-0.4, -0.2) is 22.6 Å². The summed E-state index contributed by atoms with van der Waals surface area (Å²) >= 11 is 6.07. The molecular weight excluding hydrogens is 250 g/mol. The van der Waals surface area contributed by atoms with E-state index in [0.29, 0.717) is 16.9 Å². The Bertz CT molecular complexity index is 380. The van der Waals surface area contributed by atoms with Crippen LogP contribution in [0.15, 0.2) is 6.20 Å². The molecule has 1 heterocycles. The molecule has 0 saturated heterocycles. The van der Waals surface area contributed by atoms with Gasteiger partial charge in [0.15, 0.2) is 0 Å². The molecule has 1 aromatic heterocycles. The molecule has 100 valence electrons. The van der Waals surface area contributed by atoms with Crippen LogP contribution in [0.5, 0.6) is 5.88 Å². The van der Waals surface area contributed by atoms with Crippen molar-refractivity contribution in [2.24, 2.45) is 0 Å². The lowest BCUT2D eigenvalue weighted by atomic mass is 9.98. The summed E-state index contributed by atoms with van der Waals surface area (Å²) in [6, 6.07) is 0. The molecule has 1 aliphatic rings. The first-order chi connectivity index (χ1) is 8.79. The van der Waals surface area contributed by atoms with Gasteiger partial charge in [0, 0.05) is 6.54 Å². The predicted octanol–water partition coefficient (Wildman–Crippen LogP) is 3.66. The fraction of sp³-hybridized carbons (Fsp3) is 0.692. The molecule has 1 aliphatic carbocycles. The Morgan fingerprint density at radius 1 is 1.39 bits per heavy atom. The van der Waals surface area contributed by atoms with Crippen LogP contribution in [-0.2, 0) is 0 Å². The third-order valence-electron chi connectivity index (χ3n) is 3.08. The smallest absolute Gasteiger partial charge is 0.237 e. The summed E-state index contributed by atoms with van der Waals surface area (Å²) in [5.74, 6) is 1.10. The average Bonchev–Trinajstić information content (AvgIpc) is 2.41. The zero-order chi connectivity index (χ0) is 12.8.